The third kappa shape index (κ3) is 2.92. The van der Waals surface area contributed by atoms with Crippen LogP contribution < -0.4 is 0 Å². The summed E-state index contributed by atoms with van der Waals surface area (Å²) in [4.78, 5) is 4.24. The lowest BCUT2D eigenvalue weighted by atomic mass is 10.1. The summed E-state index contributed by atoms with van der Waals surface area (Å²) >= 11 is 0. The number of hydrogen-bond donors (Lipinski definition) is 0. The van der Waals surface area contributed by atoms with Crippen LogP contribution in [0.25, 0.3) is 0 Å². The summed E-state index contributed by atoms with van der Waals surface area (Å²) < 4.78 is 0. The molecule has 0 fully saturated rings. The summed E-state index contributed by atoms with van der Waals surface area (Å²) in [6, 6.07) is 0. The standard InChI is InChI=1S/C11H15N/c1-3-4-5-6-11-8-7-10(2)12-9-11/h9H,3-4,7-8H2,1-2H3. The van der Waals surface area contributed by atoms with Crippen molar-refractivity contribution in [3.05, 3.63) is 11.8 Å². The highest BCUT2D eigenvalue weighted by molar-refractivity contribution is 5.83. The van der Waals surface area contributed by atoms with Crippen molar-refractivity contribution >= 4 is 5.71 Å². The van der Waals surface area contributed by atoms with Crippen molar-refractivity contribution in [3.8, 4) is 11.8 Å². The van der Waals surface area contributed by atoms with Crippen molar-refractivity contribution in [2.24, 2.45) is 4.99 Å². The highest BCUT2D eigenvalue weighted by atomic mass is 14.7. The molecule has 1 aliphatic rings. The van der Waals surface area contributed by atoms with Crippen LogP contribution in [0.15, 0.2) is 16.8 Å². The molecule has 0 radical (unpaired) electrons. The van der Waals surface area contributed by atoms with E-state index in [2.05, 4.69) is 30.7 Å². The lowest BCUT2D eigenvalue weighted by Gasteiger charge is -2.04. The third-order valence-electron chi connectivity index (χ3n) is 1.82. The number of rotatable bonds is 1. The summed E-state index contributed by atoms with van der Waals surface area (Å²) in [7, 11) is 0. The predicted octanol–water partition coefficient (Wildman–Crippen LogP) is 2.93. The molecule has 0 unspecified atom stereocenters. The first kappa shape index (κ1) is 9.06. The Morgan fingerprint density at radius 2 is 2.33 bits per heavy atom. The van der Waals surface area contributed by atoms with E-state index < -0.39 is 0 Å². The molecule has 0 saturated heterocycles. The lowest BCUT2D eigenvalue weighted by molar-refractivity contribution is 0.978. The fourth-order valence-electron chi connectivity index (χ4n) is 1.03. The molecule has 0 saturated carbocycles. The molecule has 1 heterocycles. The quantitative estimate of drug-likeness (QED) is 0.524. The van der Waals surface area contributed by atoms with Gasteiger partial charge in [-0.1, -0.05) is 18.8 Å². The van der Waals surface area contributed by atoms with E-state index in [1.165, 1.54) is 11.3 Å². The Balaban J connectivity index is 2.50. The van der Waals surface area contributed by atoms with Gasteiger partial charge >= 0.3 is 0 Å². The maximum atomic E-state index is 4.24. The van der Waals surface area contributed by atoms with Gasteiger partial charge in [0.15, 0.2) is 0 Å². The Labute approximate surface area is 74.6 Å². The molecular formula is C11H15N. The molecule has 0 aromatic rings. The van der Waals surface area contributed by atoms with Crippen molar-refractivity contribution < 1.29 is 0 Å². The normalized spacial score (nSPS) is 15.8. The molecule has 0 atom stereocenters. The second-order valence-electron chi connectivity index (χ2n) is 3.07. The summed E-state index contributed by atoms with van der Waals surface area (Å²) in [5.41, 5.74) is 2.41. The second-order valence-corrected chi connectivity index (χ2v) is 3.07. The maximum Gasteiger partial charge on any atom is 0.0382 e. The number of allylic oxidation sites excluding steroid dienone is 1. The molecule has 64 valence electrons. The molecule has 1 nitrogen and oxygen atoms in total. The molecule has 0 N–H and O–H groups in total. The van der Waals surface area contributed by atoms with Crippen molar-refractivity contribution in [1.82, 2.24) is 0 Å². The fourth-order valence-corrected chi connectivity index (χ4v) is 1.03. The predicted molar refractivity (Wildman–Crippen MR) is 53.1 cm³/mol. The zero-order valence-electron chi connectivity index (χ0n) is 7.85. The van der Waals surface area contributed by atoms with Crippen LogP contribution in [0.3, 0.4) is 0 Å². The Morgan fingerprint density at radius 1 is 1.50 bits per heavy atom. The minimum absolute atomic E-state index is 1.00. The molecular weight excluding hydrogens is 146 g/mol. The monoisotopic (exact) mass is 161 g/mol. The maximum absolute atomic E-state index is 4.24. The minimum atomic E-state index is 1.00. The van der Waals surface area contributed by atoms with Crippen molar-refractivity contribution in [1.29, 1.82) is 0 Å². The molecule has 0 amide bonds. The van der Waals surface area contributed by atoms with Crippen LogP contribution in [0.5, 0.6) is 0 Å². The van der Waals surface area contributed by atoms with E-state index in [1.54, 1.807) is 0 Å². The summed E-state index contributed by atoms with van der Waals surface area (Å²) in [6.45, 7) is 4.21. The van der Waals surface area contributed by atoms with Gasteiger partial charge in [0.1, 0.15) is 0 Å². The molecule has 0 bridgehead atoms. The first-order chi connectivity index (χ1) is 5.83. The van der Waals surface area contributed by atoms with Crippen LogP contribution in [0.1, 0.15) is 39.5 Å². The van der Waals surface area contributed by atoms with Crippen LogP contribution in [0.2, 0.25) is 0 Å². The van der Waals surface area contributed by atoms with E-state index in [4.69, 9.17) is 0 Å². The molecule has 1 heteroatoms. The number of unbranched alkanes of at least 4 members (excludes halogenated alkanes) is 1. The van der Waals surface area contributed by atoms with Gasteiger partial charge in [-0.3, -0.25) is 4.99 Å². The van der Waals surface area contributed by atoms with Gasteiger partial charge in [-0.25, -0.2) is 0 Å². The number of hydrogen-bond acceptors (Lipinski definition) is 1. The largest absolute Gasteiger partial charge is 0.265 e. The summed E-state index contributed by atoms with van der Waals surface area (Å²) in [5, 5.41) is 0. The first-order valence-electron chi connectivity index (χ1n) is 4.54. The summed E-state index contributed by atoms with van der Waals surface area (Å²) in [6.07, 6.45) is 6.20. The number of nitrogens with zero attached hydrogens (tertiary/aromatic N) is 1. The highest BCUT2D eigenvalue weighted by Crippen LogP contribution is 2.10. The van der Waals surface area contributed by atoms with Gasteiger partial charge in [0, 0.05) is 23.9 Å². The summed E-state index contributed by atoms with van der Waals surface area (Å²) in [5.74, 6) is 6.28. The van der Waals surface area contributed by atoms with Crippen molar-refractivity contribution in [2.45, 2.75) is 39.5 Å². The lowest BCUT2D eigenvalue weighted by Crippen LogP contribution is -1.96. The second kappa shape index (κ2) is 4.77. The van der Waals surface area contributed by atoms with Gasteiger partial charge < -0.3 is 0 Å². The minimum Gasteiger partial charge on any atom is -0.265 e. The van der Waals surface area contributed by atoms with E-state index in [0.29, 0.717) is 0 Å². The van der Waals surface area contributed by atoms with Gasteiger partial charge in [-0.05, 0) is 26.2 Å². The van der Waals surface area contributed by atoms with Gasteiger partial charge in [0.2, 0.25) is 0 Å². The molecule has 1 rings (SSSR count). The Hall–Kier alpha value is -1.03. The van der Waals surface area contributed by atoms with Crippen LogP contribution in [-0.2, 0) is 0 Å². The third-order valence-corrected chi connectivity index (χ3v) is 1.82. The Bertz CT molecular complexity index is 260. The topological polar surface area (TPSA) is 12.4 Å². The molecule has 0 aromatic carbocycles. The molecule has 0 aromatic heterocycles. The van der Waals surface area contributed by atoms with E-state index in [1.807, 2.05) is 6.20 Å². The van der Waals surface area contributed by atoms with Crippen molar-refractivity contribution in [2.75, 3.05) is 0 Å². The van der Waals surface area contributed by atoms with E-state index >= 15 is 0 Å². The average molecular weight is 161 g/mol. The smallest absolute Gasteiger partial charge is 0.0382 e. The van der Waals surface area contributed by atoms with Crippen LogP contribution in [0, 0.1) is 11.8 Å². The fraction of sp³-hybridized carbons (Fsp3) is 0.545. The van der Waals surface area contributed by atoms with Crippen molar-refractivity contribution in [3.63, 3.8) is 0 Å². The van der Waals surface area contributed by atoms with Crippen LogP contribution >= 0.6 is 0 Å². The Kier molecular flexibility index (Phi) is 3.60. The first-order valence-corrected chi connectivity index (χ1v) is 4.54. The SMILES string of the molecule is CCCC#CC1=CN=C(C)CC1. The van der Waals surface area contributed by atoms with Crippen LogP contribution in [0.4, 0.5) is 0 Å². The average Bonchev–Trinajstić information content (AvgIpc) is 2.09. The highest BCUT2D eigenvalue weighted by Gasteiger charge is 2.00. The zero-order chi connectivity index (χ0) is 8.81. The van der Waals surface area contributed by atoms with Gasteiger partial charge in [0.25, 0.3) is 0 Å². The van der Waals surface area contributed by atoms with Crippen LogP contribution in [-0.4, -0.2) is 5.71 Å². The van der Waals surface area contributed by atoms with E-state index in [9.17, 15) is 0 Å². The zero-order valence-corrected chi connectivity index (χ0v) is 7.85. The van der Waals surface area contributed by atoms with E-state index in [-0.39, 0.29) is 0 Å². The van der Waals surface area contributed by atoms with E-state index in [0.717, 1.165) is 25.7 Å². The van der Waals surface area contributed by atoms with Gasteiger partial charge in [-0.2, -0.15) is 0 Å². The van der Waals surface area contributed by atoms with Gasteiger partial charge in [-0.15, -0.1) is 0 Å². The molecule has 12 heavy (non-hydrogen) atoms. The molecule has 0 aliphatic carbocycles. The molecule has 1 aliphatic heterocycles. The number of aliphatic imine (C=N–C) groups is 1. The Morgan fingerprint density at radius 3 is 2.92 bits per heavy atom. The molecule has 0 spiro atoms. The van der Waals surface area contributed by atoms with Gasteiger partial charge in [0.05, 0.1) is 0 Å².